The van der Waals surface area contributed by atoms with Crippen LogP contribution in [0.4, 0.5) is 11.5 Å². The van der Waals surface area contributed by atoms with Gasteiger partial charge in [0, 0.05) is 12.1 Å². The Kier molecular flexibility index (Phi) is 3.46. The number of ether oxygens (including phenoxy) is 1. The number of pyridine rings is 1. The van der Waals surface area contributed by atoms with Crippen molar-refractivity contribution in [3.8, 4) is 5.88 Å². The Morgan fingerprint density at radius 1 is 1.20 bits per heavy atom. The fourth-order valence-electron chi connectivity index (χ4n) is 2.70. The molecule has 3 rings (SSSR count). The van der Waals surface area contributed by atoms with Gasteiger partial charge in [-0.3, -0.25) is 0 Å². The van der Waals surface area contributed by atoms with Gasteiger partial charge >= 0.3 is 0 Å². The van der Waals surface area contributed by atoms with Gasteiger partial charge in [0.1, 0.15) is 0 Å². The van der Waals surface area contributed by atoms with Crippen LogP contribution in [0.15, 0.2) is 36.4 Å². The second-order valence-corrected chi connectivity index (χ2v) is 5.14. The quantitative estimate of drug-likeness (QED) is 0.899. The summed E-state index contributed by atoms with van der Waals surface area (Å²) < 4.78 is 5.15. The summed E-state index contributed by atoms with van der Waals surface area (Å²) in [6, 6.07) is 12.6. The van der Waals surface area contributed by atoms with Crippen LogP contribution in [-0.2, 0) is 12.8 Å². The summed E-state index contributed by atoms with van der Waals surface area (Å²) in [6.07, 6.45) is 3.20. The number of methoxy groups -OCH3 is 1. The Hall–Kier alpha value is -2.23. The van der Waals surface area contributed by atoms with Crippen molar-refractivity contribution in [1.82, 2.24) is 4.98 Å². The Balaban J connectivity index is 1.76. The molecule has 2 aromatic rings. The molecule has 0 aliphatic heterocycles. The molecule has 0 saturated carbocycles. The number of hydrogen-bond acceptors (Lipinski definition) is 4. The number of aromatic nitrogens is 1. The summed E-state index contributed by atoms with van der Waals surface area (Å²) in [7, 11) is 1.61. The van der Waals surface area contributed by atoms with Gasteiger partial charge in [0.15, 0.2) is 5.82 Å². The maximum absolute atomic E-state index is 5.98. The number of rotatable bonds is 3. The largest absolute Gasteiger partial charge is 0.481 e. The van der Waals surface area contributed by atoms with Gasteiger partial charge in [-0.25, -0.2) is 0 Å². The number of nitrogens with zero attached hydrogens (tertiary/aromatic N) is 1. The predicted molar refractivity (Wildman–Crippen MR) is 81.1 cm³/mol. The van der Waals surface area contributed by atoms with Crippen molar-refractivity contribution >= 4 is 11.5 Å². The number of benzene rings is 1. The average molecular weight is 269 g/mol. The number of nitrogens with one attached hydrogen (secondary N) is 1. The third-order valence-corrected chi connectivity index (χ3v) is 3.80. The zero-order valence-corrected chi connectivity index (χ0v) is 11.6. The van der Waals surface area contributed by atoms with E-state index in [1.54, 1.807) is 13.2 Å². The summed E-state index contributed by atoms with van der Waals surface area (Å²) in [6.45, 7) is 0. The Bertz CT molecular complexity index is 612. The molecule has 1 aromatic carbocycles. The lowest BCUT2D eigenvalue weighted by Crippen LogP contribution is -2.28. The number of anilines is 2. The Labute approximate surface area is 119 Å². The zero-order chi connectivity index (χ0) is 13.9. The molecule has 1 atom stereocenters. The molecule has 0 spiro atoms. The van der Waals surface area contributed by atoms with E-state index in [0.29, 0.717) is 23.4 Å². The Morgan fingerprint density at radius 3 is 2.80 bits per heavy atom. The summed E-state index contributed by atoms with van der Waals surface area (Å²) >= 11 is 0. The topological polar surface area (TPSA) is 60.2 Å². The first-order valence-corrected chi connectivity index (χ1v) is 6.90. The lowest BCUT2D eigenvalue weighted by molar-refractivity contribution is 0.398. The van der Waals surface area contributed by atoms with E-state index in [9.17, 15) is 0 Å². The Morgan fingerprint density at radius 2 is 2.00 bits per heavy atom. The lowest BCUT2D eigenvalue weighted by Gasteiger charge is -2.26. The molecule has 104 valence electrons. The summed E-state index contributed by atoms with van der Waals surface area (Å²) in [4.78, 5) is 4.38. The van der Waals surface area contributed by atoms with Crippen molar-refractivity contribution in [2.24, 2.45) is 0 Å². The fraction of sp³-hybridized carbons (Fsp3) is 0.312. The molecule has 1 aromatic heterocycles. The molecule has 3 N–H and O–H groups in total. The summed E-state index contributed by atoms with van der Waals surface area (Å²) in [5.41, 5.74) is 9.50. The molecule has 20 heavy (non-hydrogen) atoms. The van der Waals surface area contributed by atoms with Gasteiger partial charge in [-0.1, -0.05) is 24.3 Å². The normalized spacial score (nSPS) is 17.4. The van der Waals surface area contributed by atoms with Crippen LogP contribution in [-0.4, -0.2) is 18.1 Å². The highest BCUT2D eigenvalue weighted by Gasteiger charge is 2.19. The van der Waals surface area contributed by atoms with E-state index in [1.807, 2.05) is 6.07 Å². The van der Waals surface area contributed by atoms with Crippen molar-refractivity contribution in [3.05, 3.63) is 47.5 Å². The molecule has 0 fully saturated rings. The van der Waals surface area contributed by atoms with Crippen LogP contribution >= 0.6 is 0 Å². The molecule has 1 heterocycles. The molecule has 1 aliphatic carbocycles. The second-order valence-electron chi connectivity index (χ2n) is 5.14. The smallest absolute Gasteiger partial charge is 0.215 e. The second kappa shape index (κ2) is 5.41. The van der Waals surface area contributed by atoms with Crippen LogP contribution in [0.5, 0.6) is 5.88 Å². The molecule has 4 heteroatoms. The van der Waals surface area contributed by atoms with Gasteiger partial charge in [0.2, 0.25) is 5.88 Å². The highest BCUT2D eigenvalue weighted by atomic mass is 16.5. The van der Waals surface area contributed by atoms with Crippen molar-refractivity contribution in [1.29, 1.82) is 0 Å². The van der Waals surface area contributed by atoms with Crippen LogP contribution in [0.25, 0.3) is 0 Å². The van der Waals surface area contributed by atoms with Crippen molar-refractivity contribution in [2.75, 3.05) is 18.2 Å². The standard InChI is InChI=1S/C16H19N3O/c1-20-15-9-8-14(17)16(19-15)18-13-7-6-11-4-2-3-5-12(11)10-13/h2-5,8-9,13H,6-7,10,17H2,1H3,(H,18,19). The number of hydrogen-bond donors (Lipinski definition) is 2. The molecule has 0 amide bonds. The van der Waals surface area contributed by atoms with E-state index in [1.165, 1.54) is 11.1 Å². The molecule has 0 saturated heterocycles. The van der Waals surface area contributed by atoms with Crippen molar-refractivity contribution in [2.45, 2.75) is 25.3 Å². The first-order valence-electron chi connectivity index (χ1n) is 6.90. The van der Waals surface area contributed by atoms with Gasteiger partial charge in [-0.15, -0.1) is 0 Å². The van der Waals surface area contributed by atoms with Gasteiger partial charge in [0.25, 0.3) is 0 Å². The SMILES string of the molecule is COc1ccc(N)c(NC2CCc3ccccc3C2)n1. The minimum atomic E-state index is 0.367. The number of aryl methyl sites for hydroxylation is 1. The van der Waals surface area contributed by atoms with E-state index in [-0.39, 0.29) is 0 Å². The molecule has 4 nitrogen and oxygen atoms in total. The minimum Gasteiger partial charge on any atom is -0.481 e. The highest BCUT2D eigenvalue weighted by Crippen LogP contribution is 2.26. The number of nitrogen functional groups attached to an aromatic ring is 1. The van der Waals surface area contributed by atoms with E-state index in [0.717, 1.165) is 19.3 Å². The van der Waals surface area contributed by atoms with E-state index >= 15 is 0 Å². The molecule has 1 aliphatic rings. The van der Waals surface area contributed by atoms with Gasteiger partial charge in [-0.2, -0.15) is 4.98 Å². The molecule has 0 bridgehead atoms. The highest BCUT2D eigenvalue weighted by molar-refractivity contribution is 5.62. The first kappa shape index (κ1) is 12.8. The third-order valence-electron chi connectivity index (χ3n) is 3.80. The van der Waals surface area contributed by atoms with Gasteiger partial charge < -0.3 is 15.8 Å². The average Bonchev–Trinajstić information content (AvgIpc) is 2.49. The van der Waals surface area contributed by atoms with Crippen LogP contribution < -0.4 is 15.8 Å². The predicted octanol–water partition coefficient (Wildman–Crippen LogP) is 2.64. The van der Waals surface area contributed by atoms with Crippen molar-refractivity contribution < 1.29 is 4.74 Å². The van der Waals surface area contributed by atoms with Crippen LogP contribution in [0.2, 0.25) is 0 Å². The van der Waals surface area contributed by atoms with Crippen LogP contribution in [0.3, 0.4) is 0 Å². The summed E-state index contributed by atoms with van der Waals surface area (Å²) in [5, 5.41) is 3.45. The molecule has 1 unspecified atom stereocenters. The first-order chi connectivity index (χ1) is 9.76. The van der Waals surface area contributed by atoms with Gasteiger partial charge in [0.05, 0.1) is 12.8 Å². The number of fused-ring (bicyclic) bond motifs is 1. The van der Waals surface area contributed by atoms with Crippen LogP contribution in [0.1, 0.15) is 17.5 Å². The number of nitrogens with two attached hydrogens (primary N) is 1. The molecule has 0 radical (unpaired) electrons. The van der Waals surface area contributed by atoms with Crippen LogP contribution in [0, 0.1) is 0 Å². The minimum absolute atomic E-state index is 0.367. The van der Waals surface area contributed by atoms with Crippen molar-refractivity contribution in [3.63, 3.8) is 0 Å². The van der Waals surface area contributed by atoms with Gasteiger partial charge in [-0.05, 0) is 36.5 Å². The third kappa shape index (κ3) is 2.54. The zero-order valence-electron chi connectivity index (χ0n) is 11.6. The monoisotopic (exact) mass is 269 g/mol. The maximum atomic E-state index is 5.98. The summed E-state index contributed by atoms with van der Waals surface area (Å²) in [5.74, 6) is 1.30. The maximum Gasteiger partial charge on any atom is 0.215 e. The van der Waals surface area contributed by atoms with E-state index < -0.39 is 0 Å². The molecular weight excluding hydrogens is 250 g/mol. The van der Waals surface area contributed by atoms with E-state index in [4.69, 9.17) is 10.5 Å². The lowest BCUT2D eigenvalue weighted by atomic mass is 9.88. The fourth-order valence-corrected chi connectivity index (χ4v) is 2.70. The molecular formula is C16H19N3O. The van der Waals surface area contributed by atoms with E-state index in [2.05, 4.69) is 34.6 Å².